The van der Waals surface area contributed by atoms with Gasteiger partial charge in [0, 0.05) is 6.07 Å². The van der Waals surface area contributed by atoms with Crippen LogP contribution in [0.15, 0.2) is 6.07 Å². The molecular formula is C11H18BN3O3. The average molecular weight is 251 g/mol. The lowest BCUT2D eigenvalue weighted by atomic mass is 9.84. The van der Waals surface area contributed by atoms with E-state index in [1.165, 1.54) is 7.11 Å². The van der Waals surface area contributed by atoms with E-state index in [0.717, 1.165) is 0 Å². The van der Waals surface area contributed by atoms with Crippen molar-refractivity contribution in [1.82, 2.24) is 9.97 Å². The quantitative estimate of drug-likeness (QED) is 0.765. The highest BCUT2D eigenvalue weighted by Gasteiger charge is 2.52. The largest absolute Gasteiger partial charge is 0.514 e. The molecule has 0 saturated carbocycles. The van der Waals surface area contributed by atoms with Crippen LogP contribution < -0.4 is 16.1 Å². The minimum absolute atomic E-state index is 0.138. The highest BCUT2D eigenvalue weighted by atomic mass is 16.7. The molecule has 1 aliphatic heterocycles. The standard InChI is InChI=1S/C11H18BN3O3/c1-10(2)11(3,4)18-12(17-10)7-6-8(16-5)15-9(13)14-7/h6H,1-5H3,(H2,13,14,15). The molecule has 0 aliphatic carbocycles. The summed E-state index contributed by atoms with van der Waals surface area (Å²) in [6, 6.07) is 1.67. The van der Waals surface area contributed by atoms with Crippen molar-refractivity contribution >= 4 is 18.7 Å². The molecule has 98 valence electrons. The van der Waals surface area contributed by atoms with Crippen LogP contribution in [0.3, 0.4) is 0 Å². The average Bonchev–Trinajstić information content (AvgIpc) is 2.47. The second kappa shape index (κ2) is 4.10. The summed E-state index contributed by atoms with van der Waals surface area (Å²) in [7, 11) is 0.963. The number of nitrogens with two attached hydrogens (primary N) is 1. The van der Waals surface area contributed by atoms with Gasteiger partial charge in [0.2, 0.25) is 11.8 Å². The summed E-state index contributed by atoms with van der Waals surface area (Å²) < 4.78 is 16.8. The molecule has 0 bridgehead atoms. The zero-order valence-corrected chi connectivity index (χ0v) is 11.4. The predicted octanol–water partition coefficient (Wildman–Crippen LogP) is 0.367. The van der Waals surface area contributed by atoms with Crippen LogP contribution in [-0.2, 0) is 9.31 Å². The van der Waals surface area contributed by atoms with Gasteiger partial charge < -0.3 is 19.8 Å². The van der Waals surface area contributed by atoms with Crippen molar-refractivity contribution in [2.45, 2.75) is 38.9 Å². The molecule has 2 heterocycles. The fraction of sp³-hybridized carbons (Fsp3) is 0.636. The molecule has 0 amide bonds. The van der Waals surface area contributed by atoms with Crippen LogP contribution in [-0.4, -0.2) is 35.4 Å². The molecule has 1 saturated heterocycles. The SMILES string of the molecule is COc1cc(B2OC(C)(C)C(C)(C)O2)nc(N)n1. The fourth-order valence-electron chi connectivity index (χ4n) is 1.65. The molecule has 0 radical (unpaired) electrons. The van der Waals surface area contributed by atoms with E-state index in [9.17, 15) is 0 Å². The maximum Gasteiger partial charge on any atom is 0.514 e. The third-order valence-electron chi connectivity index (χ3n) is 3.44. The Morgan fingerprint density at radius 1 is 1.17 bits per heavy atom. The second-order valence-corrected chi connectivity index (χ2v) is 5.28. The Kier molecular flexibility index (Phi) is 2.99. The summed E-state index contributed by atoms with van der Waals surface area (Å²) in [5.41, 5.74) is 5.37. The number of aromatic nitrogens is 2. The van der Waals surface area contributed by atoms with Crippen molar-refractivity contribution in [3.63, 3.8) is 0 Å². The predicted molar refractivity (Wildman–Crippen MR) is 68.7 cm³/mol. The highest BCUT2D eigenvalue weighted by Crippen LogP contribution is 2.36. The molecular weight excluding hydrogens is 233 g/mol. The van der Waals surface area contributed by atoms with Crippen molar-refractivity contribution in [2.24, 2.45) is 0 Å². The monoisotopic (exact) mass is 251 g/mol. The summed E-state index contributed by atoms with van der Waals surface area (Å²) in [6.45, 7) is 7.92. The van der Waals surface area contributed by atoms with Gasteiger partial charge in [0.25, 0.3) is 0 Å². The summed E-state index contributed by atoms with van der Waals surface area (Å²) in [6.07, 6.45) is 0. The van der Waals surface area contributed by atoms with Crippen LogP contribution in [0.1, 0.15) is 27.7 Å². The van der Waals surface area contributed by atoms with E-state index in [1.807, 2.05) is 27.7 Å². The molecule has 0 aromatic carbocycles. The number of ether oxygens (including phenoxy) is 1. The number of methoxy groups -OCH3 is 1. The minimum atomic E-state index is -0.561. The van der Waals surface area contributed by atoms with Gasteiger partial charge in [-0.3, -0.25) is 0 Å². The summed E-state index contributed by atoms with van der Waals surface area (Å²) in [5, 5.41) is 0. The number of nitrogens with zero attached hydrogens (tertiary/aromatic N) is 2. The minimum Gasteiger partial charge on any atom is -0.481 e. The molecule has 2 rings (SSSR count). The number of hydrogen-bond acceptors (Lipinski definition) is 6. The molecule has 1 aromatic rings. The first-order valence-electron chi connectivity index (χ1n) is 5.79. The number of nitrogen functional groups attached to an aromatic ring is 1. The first-order valence-corrected chi connectivity index (χ1v) is 5.79. The van der Waals surface area contributed by atoms with Crippen molar-refractivity contribution in [1.29, 1.82) is 0 Å². The van der Waals surface area contributed by atoms with Gasteiger partial charge in [0.1, 0.15) is 0 Å². The number of rotatable bonds is 2. The van der Waals surface area contributed by atoms with Crippen LogP contribution in [0.4, 0.5) is 5.95 Å². The van der Waals surface area contributed by atoms with Crippen LogP contribution in [0, 0.1) is 0 Å². The van der Waals surface area contributed by atoms with Gasteiger partial charge in [-0.05, 0) is 27.7 Å². The lowest BCUT2D eigenvalue weighted by Crippen LogP contribution is -2.41. The molecule has 0 atom stereocenters. The Hall–Kier alpha value is -1.34. The Balaban J connectivity index is 2.32. The fourth-order valence-corrected chi connectivity index (χ4v) is 1.65. The molecule has 1 fully saturated rings. The van der Waals surface area contributed by atoms with Gasteiger partial charge in [-0.15, -0.1) is 0 Å². The Morgan fingerprint density at radius 3 is 2.22 bits per heavy atom. The van der Waals surface area contributed by atoms with Crippen LogP contribution in [0.5, 0.6) is 5.88 Å². The van der Waals surface area contributed by atoms with Gasteiger partial charge in [-0.25, -0.2) is 4.98 Å². The molecule has 0 unspecified atom stereocenters. The second-order valence-electron chi connectivity index (χ2n) is 5.28. The van der Waals surface area contributed by atoms with Crippen LogP contribution >= 0.6 is 0 Å². The highest BCUT2D eigenvalue weighted by molar-refractivity contribution is 6.61. The topological polar surface area (TPSA) is 79.5 Å². The first kappa shape index (κ1) is 13.1. The zero-order valence-electron chi connectivity index (χ0n) is 11.4. The van der Waals surface area contributed by atoms with Gasteiger partial charge in [0.05, 0.1) is 23.9 Å². The Morgan fingerprint density at radius 2 is 1.72 bits per heavy atom. The Labute approximate surface area is 107 Å². The lowest BCUT2D eigenvalue weighted by Gasteiger charge is -2.32. The van der Waals surface area contributed by atoms with Gasteiger partial charge in [0.15, 0.2) is 0 Å². The van der Waals surface area contributed by atoms with E-state index in [1.54, 1.807) is 6.07 Å². The number of anilines is 1. The third-order valence-corrected chi connectivity index (χ3v) is 3.44. The van der Waals surface area contributed by atoms with Gasteiger partial charge >= 0.3 is 7.12 Å². The van der Waals surface area contributed by atoms with Gasteiger partial charge in [-0.2, -0.15) is 4.98 Å². The van der Waals surface area contributed by atoms with Crippen LogP contribution in [0.2, 0.25) is 0 Å². The zero-order chi connectivity index (χ0) is 13.6. The molecule has 1 aliphatic rings. The molecule has 0 spiro atoms. The molecule has 2 N–H and O–H groups in total. The van der Waals surface area contributed by atoms with E-state index < -0.39 is 18.3 Å². The van der Waals surface area contributed by atoms with Crippen LogP contribution in [0.25, 0.3) is 0 Å². The smallest absolute Gasteiger partial charge is 0.481 e. The van der Waals surface area contributed by atoms with E-state index in [-0.39, 0.29) is 5.95 Å². The van der Waals surface area contributed by atoms with Crippen molar-refractivity contribution in [3.05, 3.63) is 6.07 Å². The van der Waals surface area contributed by atoms with E-state index >= 15 is 0 Å². The first-order chi connectivity index (χ1) is 8.25. The van der Waals surface area contributed by atoms with Gasteiger partial charge in [-0.1, -0.05) is 0 Å². The maximum atomic E-state index is 5.88. The van der Waals surface area contributed by atoms with E-state index in [4.69, 9.17) is 19.8 Å². The summed E-state index contributed by atoms with van der Waals surface area (Å²) >= 11 is 0. The normalized spacial score (nSPS) is 21.1. The van der Waals surface area contributed by atoms with E-state index in [2.05, 4.69) is 9.97 Å². The van der Waals surface area contributed by atoms with E-state index in [0.29, 0.717) is 11.5 Å². The van der Waals surface area contributed by atoms with Crippen molar-refractivity contribution in [3.8, 4) is 5.88 Å². The molecule has 6 nitrogen and oxygen atoms in total. The third kappa shape index (κ3) is 2.15. The number of hydrogen-bond donors (Lipinski definition) is 1. The summed E-state index contributed by atoms with van der Waals surface area (Å²) in [5.74, 6) is 0.534. The Bertz CT molecular complexity index is 449. The summed E-state index contributed by atoms with van der Waals surface area (Å²) in [4.78, 5) is 8.06. The molecule has 18 heavy (non-hydrogen) atoms. The lowest BCUT2D eigenvalue weighted by molar-refractivity contribution is 0.00578. The van der Waals surface area contributed by atoms with Crippen molar-refractivity contribution in [2.75, 3.05) is 12.8 Å². The maximum absolute atomic E-state index is 5.88. The molecule has 7 heteroatoms. The van der Waals surface area contributed by atoms with Crippen molar-refractivity contribution < 1.29 is 14.0 Å². The molecule has 1 aromatic heterocycles.